The number of amides is 1. The minimum atomic E-state index is -0.521. The number of hydrogen-bond donors (Lipinski definition) is 1. The van der Waals surface area contributed by atoms with Gasteiger partial charge in [-0.2, -0.15) is 4.98 Å². The zero-order valence-electron chi connectivity index (χ0n) is 12.3. The van der Waals surface area contributed by atoms with Gasteiger partial charge in [-0.15, -0.1) is 0 Å². The molecule has 0 atom stereocenters. The maximum Gasteiger partial charge on any atom is 0.255 e. The number of rotatable bonds is 7. The lowest BCUT2D eigenvalue weighted by Gasteiger charge is -2.08. The molecular weight excluding hydrogens is 293 g/mol. The predicted molar refractivity (Wildman–Crippen MR) is 74.0 cm³/mol. The number of carbonyl (C=O) groups is 1. The first kappa shape index (κ1) is 15.9. The average molecular weight is 309 g/mol. The topological polar surface area (TPSA) is 86.5 Å². The number of carbonyl (C=O) groups excluding carboxylic acids is 1. The van der Waals surface area contributed by atoms with Crippen molar-refractivity contribution in [3.8, 4) is 5.75 Å². The second-order valence-electron chi connectivity index (χ2n) is 4.37. The van der Waals surface area contributed by atoms with Crippen molar-refractivity contribution in [3.05, 3.63) is 41.3 Å². The maximum absolute atomic E-state index is 13.2. The molecule has 0 unspecified atom stereocenters. The monoisotopic (exact) mass is 309 g/mol. The van der Waals surface area contributed by atoms with E-state index in [4.69, 9.17) is 14.0 Å². The number of aromatic nitrogens is 2. The molecule has 1 heterocycles. The molecule has 0 aliphatic rings. The Balaban J connectivity index is 1.98. The van der Waals surface area contributed by atoms with Crippen molar-refractivity contribution in [1.29, 1.82) is 0 Å². The Morgan fingerprint density at radius 2 is 2.23 bits per heavy atom. The number of hydrogen-bond acceptors (Lipinski definition) is 6. The third kappa shape index (κ3) is 4.01. The Labute approximate surface area is 126 Å². The first-order valence-electron chi connectivity index (χ1n) is 6.56. The molecule has 0 aliphatic heterocycles. The molecule has 2 rings (SSSR count). The van der Waals surface area contributed by atoms with Crippen LogP contribution in [-0.2, 0) is 17.7 Å². The average Bonchev–Trinajstić information content (AvgIpc) is 2.98. The summed E-state index contributed by atoms with van der Waals surface area (Å²) in [7, 11) is 2.98. The Hall–Kier alpha value is -2.48. The Morgan fingerprint density at radius 1 is 1.41 bits per heavy atom. The third-order valence-corrected chi connectivity index (χ3v) is 2.84. The van der Waals surface area contributed by atoms with Crippen LogP contribution in [0.25, 0.3) is 0 Å². The van der Waals surface area contributed by atoms with Gasteiger partial charge in [-0.05, 0) is 18.2 Å². The van der Waals surface area contributed by atoms with E-state index in [-0.39, 0.29) is 17.9 Å². The summed E-state index contributed by atoms with van der Waals surface area (Å²) in [6, 6.07) is 3.72. The van der Waals surface area contributed by atoms with Crippen molar-refractivity contribution >= 4 is 5.91 Å². The molecule has 1 N–H and O–H groups in total. The molecule has 0 spiro atoms. The van der Waals surface area contributed by atoms with Crippen molar-refractivity contribution in [2.75, 3.05) is 20.8 Å². The fourth-order valence-electron chi connectivity index (χ4n) is 1.77. The number of methoxy groups -OCH3 is 2. The SMILES string of the molecule is COCCc1nc(CNC(=O)c2cc(F)ccc2OC)no1. The van der Waals surface area contributed by atoms with Gasteiger partial charge in [-0.3, -0.25) is 4.79 Å². The summed E-state index contributed by atoms with van der Waals surface area (Å²) in [5, 5.41) is 6.32. The van der Waals surface area contributed by atoms with E-state index in [0.29, 0.717) is 24.7 Å². The molecular formula is C14H16FN3O4. The lowest BCUT2D eigenvalue weighted by molar-refractivity contribution is 0.0946. The standard InChI is InChI=1S/C14H16FN3O4/c1-20-6-5-13-17-12(18-22-13)8-16-14(19)10-7-9(15)3-4-11(10)21-2/h3-4,7H,5-6,8H2,1-2H3,(H,16,19). The molecule has 1 aromatic carbocycles. The number of halogens is 1. The third-order valence-electron chi connectivity index (χ3n) is 2.84. The zero-order valence-corrected chi connectivity index (χ0v) is 12.3. The molecule has 1 amide bonds. The molecule has 8 heteroatoms. The lowest BCUT2D eigenvalue weighted by atomic mass is 10.2. The fourth-order valence-corrected chi connectivity index (χ4v) is 1.77. The summed E-state index contributed by atoms with van der Waals surface area (Å²) in [6.07, 6.45) is 0.495. The van der Waals surface area contributed by atoms with E-state index in [1.54, 1.807) is 7.11 Å². The van der Waals surface area contributed by atoms with E-state index in [2.05, 4.69) is 15.5 Å². The number of nitrogens with zero attached hydrogens (tertiary/aromatic N) is 2. The van der Waals surface area contributed by atoms with Crippen molar-refractivity contribution in [3.63, 3.8) is 0 Å². The first-order chi connectivity index (χ1) is 10.6. The molecule has 118 valence electrons. The van der Waals surface area contributed by atoms with E-state index >= 15 is 0 Å². The Bertz CT molecular complexity index is 645. The summed E-state index contributed by atoms with van der Waals surface area (Å²) < 4.78 is 28.2. The second kappa shape index (κ2) is 7.51. The van der Waals surface area contributed by atoms with Gasteiger partial charge in [-0.25, -0.2) is 4.39 Å². The van der Waals surface area contributed by atoms with Crippen LogP contribution in [0.15, 0.2) is 22.7 Å². The van der Waals surface area contributed by atoms with Crippen molar-refractivity contribution < 1.29 is 23.2 Å². The van der Waals surface area contributed by atoms with E-state index in [0.717, 1.165) is 6.07 Å². The van der Waals surface area contributed by atoms with Gasteiger partial charge in [0.15, 0.2) is 5.82 Å². The van der Waals surface area contributed by atoms with Gasteiger partial charge in [-0.1, -0.05) is 5.16 Å². The van der Waals surface area contributed by atoms with Gasteiger partial charge in [0.25, 0.3) is 5.91 Å². The zero-order chi connectivity index (χ0) is 15.9. The highest BCUT2D eigenvalue weighted by atomic mass is 19.1. The maximum atomic E-state index is 13.2. The van der Waals surface area contributed by atoms with Crippen LogP contribution in [0.1, 0.15) is 22.1 Å². The molecule has 2 aromatic rings. The van der Waals surface area contributed by atoms with E-state index in [9.17, 15) is 9.18 Å². The summed E-state index contributed by atoms with van der Waals surface area (Å²) in [5.74, 6) is 0.0315. The molecule has 0 aliphatic carbocycles. The van der Waals surface area contributed by atoms with Crippen LogP contribution >= 0.6 is 0 Å². The lowest BCUT2D eigenvalue weighted by Crippen LogP contribution is -2.24. The molecule has 0 saturated carbocycles. The van der Waals surface area contributed by atoms with Crippen LogP contribution in [0.3, 0.4) is 0 Å². The fraction of sp³-hybridized carbons (Fsp3) is 0.357. The van der Waals surface area contributed by atoms with Crippen LogP contribution in [0.5, 0.6) is 5.75 Å². The highest BCUT2D eigenvalue weighted by molar-refractivity contribution is 5.96. The summed E-state index contributed by atoms with van der Waals surface area (Å²) in [5.41, 5.74) is 0.102. The summed E-state index contributed by atoms with van der Waals surface area (Å²) >= 11 is 0. The summed E-state index contributed by atoms with van der Waals surface area (Å²) in [6.45, 7) is 0.531. The molecule has 7 nitrogen and oxygen atoms in total. The van der Waals surface area contributed by atoms with Crippen molar-refractivity contribution in [2.45, 2.75) is 13.0 Å². The highest BCUT2D eigenvalue weighted by Crippen LogP contribution is 2.19. The van der Waals surface area contributed by atoms with Crippen LogP contribution < -0.4 is 10.1 Å². The predicted octanol–water partition coefficient (Wildman–Crippen LogP) is 1.34. The largest absolute Gasteiger partial charge is 0.496 e. The van der Waals surface area contributed by atoms with E-state index in [1.807, 2.05) is 0 Å². The first-order valence-corrected chi connectivity index (χ1v) is 6.56. The molecule has 0 saturated heterocycles. The molecule has 22 heavy (non-hydrogen) atoms. The Kier molecular flexibility index (Phi) is 5.42. The molecule has 0 fully saturated rings. The molecule has 0 bridgehead atoms. The summed E-state index contributed by atoms with van der Waals surface area (Å²) in [4.78, 5) is 16.2. The minimum Gasteiger partial charge on any atom is -0.496 e. The van der Waals surface area contributed by atoms with Crippen LogP contribution in [0.2, 0.25) is 0 Å². The number of ether oxygens (including phenoxy) is 2. The highest BCUT2D eigenvalue weighted by Gasteiger charge is 2.14. The molecule has 1 aromatic heterocycles. The second-order valence-corrected chi connectivity index (χ2v) is 4.37. The van der Waals surface area contributed by atoms with Crippen LogP contribution in [0, 0.1) is 5.82 Å². The van der Waals surface area contributed by atoms with E-state index in [1.165, 1.54) is 19.2 Å². The Morgan fingerprint density at radius 3 is 2.95 bits per heavy atom. The van der Waals surface area contributed by atoms with E-state index < -0.39 is 11.7 Å². The number of benzene rings is 1. The quantitative estimate of drug-likeness (QED) is 0.830. The molecule has 0 radical (unpaired) electrons. The van der Waals surface area contributed by atoms with Gasteiger partial charge in [0.05, 0.1) is 32.2 Å². The number of nitrogens with one attached hydrogen (secondary N) is 1. The smallest absolute Gasteiger partial charge is 0.255 e. The van der Waals surface area contributed by atoms with Gasteiger partial charge in [0.2, 0.25) is 5.89 Å². The van der Waals surface area contributed by atoms with Crippen LogP contribution in [-0.4, -0.2) is 36.9 Å². The van der Waals surface area contributed by atoms with Gasteiger partial charge < -0.3 is 19.3 Å². The van der Waals surface area contributed by atoms with Crippen molar-refractivity contribution in [1.82, 2.24) is 15.5 Å². The van der Waals surface area contributed by atoms with Gasteiger partial charge in [0, 0.05) is 7.11 Å². The van der Waals surface area contributed by atoms with Crippen LogP contribution in [0.4, 0.5) is 4.39 Å². The minimum absolute atomic E-state index is 0.0645. The normalized spacial score (nSPS) is 10.5. The van der Waals surface area contributed by atoms with Gasteiger partial charge in [0.1, 0.15) is 11.6 Å². The van der Waals surface area contributed by atoms with Gasteiger partial charge >= 0.3 is 0 Å². The van der Waals surface area contributed by atoms with Crippen molar-refractivity contribution in [2.24, 2.45) is 0 Å².